The van der Waals surface area contributed by atoms with E-state index in [0.29, 0.717) is 0 Å². The van der Waals surface area contributed by atoms with Crippen LogP contribution in [0.25, 0.3) is 0 Å². The Hall–Kier alpha value is -0.980. The molecular formula is C11H19N. The van der Waals surface area contributed by atoms with Crippen LogP contribution in [0, 0.1) is 0 Å². The summed E-state index contributed by atoms with van der Waals surface area (Å²) in [6.07, 6.45) is 5.97. The molecule has 0 heterocycles. The van der Waals surface area contributed by atoms with Crippen molar-refractivity contribution in [1.29, 1.82) is 0 Å². The predicted octanol–water partition coefficient (Wildman–Crippen LogP) is 3.02. The van der Waals surface area contributed by atoms with Crippen LogP contribution in [0.2, 0.25) is 0 Å². The summed E-state index contributed by atoms with van der Waals surface area (Å²) in [5.41, 5.74) is 2.38. The largest absolute Gasteiger partial charge is 0.385 e. The highest BCUT2D eigenvalue weighted by molar-refractivity contribution is 5.29. The van der Waals surface area contributed by atoms with Crippen molar-refractivity contribution in [2.24, 2.45) is 0 Å². The highest BCUT2D eigenvalue weighted by Crippen LogP contribution is 2.10. The van der Waals surface area contributed by atoms with Crippen molar-refractivity contribution in [2.45, 2.75) is 26.7 Å². The Labute approximate surface area is 75.9 Å². The highest BCUT2D eigenvalue weighted by atomic mass is 14.9. The fourth-order valence-corrected chi connectivity index (χ4v) is 1.12. The van der Waals surface area contributed by atoms with E-state index >= 15 is 0 Å². The first kappa shape index (κ1) is 11.0. The van der Waals surface area contributed by atoms with Gasteiger partial charge in [-0.15, -0.1) is 0 Å². The zero-order valence-corrected chi connectivity index (χ0v) is 8.19. The summed E-state index contributed by atoms with van der Waals surface area (Å²) in [5, 5.41) is 3.26. The van der Waals surface area contributed by atoms with Crippen LogP contribution in [0.4, 0.5) is 0 Å². The van der Waals surface area contributed by atoms with Crippen LogP contribution in [-0.4, -0.2) is 6.54 Å². The number of likely N-dealkylation sites (N-methyl/N-ethyl adjacent to an activating group) is 1. The Morgan fingerprint density at radius 1 is 1.25 bits per heavy atom. The minimum absolute atomic E-state index is 0.933. The Morgan fingerprint density at radius 2 is 1.92 bits per heavy atom. The molecule has 0 rings (SSSR count). The van der Waals surface area contributed by atoms with Crippen LogP contribution < -0.4 is 5.32 Å². The molecule has 0 bridgehead atoms. The Balaban J connectivity index is 4.48. The third-order valence-corrected chi connectivity index (χ3v) is 1.68. The summed E-state index contributed by atoms with van der Waals surface area (Å²) in [6.45, 7) is 12.7. The molecule has 0 aliphatic carbocycles. The molecule has 0 unspecified atom stereocenters. The Bertz CT molecular complexity index is 157. The van der Waals surface area contributed by atoms with Gasteiger partial charge in [-0.25, -0.2) is 0 Å². The van der Waals surface area contributed by atoms with Gasteiger partial charge in [0.25, 0.3) is 0 Å². The maximum Gasteiger partial charge on any atom is 0.0366 e. The number of allylic oxidation sites excluding steroid dienone is 3. The minimum atomic E-state index is 0.933. The van der Waals surface area contributed by atoms with E-state index in [1.165, 1.54) is 5.57 Å². The molecule has 0 atom stereocenters. The quantitative estimate of drug-likeness (QED) is 0.596. The third-order valence-electron chi connectivity index (χ3n) is 1.68. The van der Waals surface area contributed by atoms with Crippen molar-refractivity contribution in [3.8, 4) is 0 Å². The van der Waals surface area contributed by atoms with Crippen LogP contribution in [0.3, 0.4) is 0 Å². The summed E-state index contributed by atoms with van der Waals surface area (Å²) >= 11 is 0. The van der Waals surface area contributed by atoms with Gasteiger partial charge in [-0.1, -0.05) is 32.6 Å². The van der Waals surface area contributed by atoms with E-state index < -0.39 is 0 Å². The molecular weight excluding hydrogens is 146 g/mol. The van der Waals surface area contributed by atoms with Crippen LogP contribution >= 0.6 is 0 Å². The summed E-state index contributed by atoms with van der Waals surface area (Å²) in [6, 6.07) is 0. The number of nitrogens with one attached hydrogen (secondary N) is 1. The van der Waals surface area contributed by atoms with Crippen molar-refractivity contribution >= 4 is 0 Å². The molecule has 0 spiro atoms. The molecule has 0 aliphatic rings. The fourth-order valence-electron chi connectivity index (χ4n) is 1.12. The van der Waals surface area contributed by atoms with Crippen LogP contribution in [-0.2, 0) is 0 Å². The van der Waals surface area contributed by atoms with E-state index in [2.05, 4.69) is 32.3 Å². The molecule has 0 aromatic rings. The highest BCUT2D eigenvalue weighted by Gasteiger charge is 1.96. The van der Waals surface area contributed by atoms with E-state index in [9.17, 15) is 0 Å². The lowest BCUT2D eigenvalue weighted by Crippen LogP contribution is -2.12. The van der Waals surface area contributed by atoms with Gasteiger partial charge in [0.1, 0.15) is 0 Å². The third kappa shape index (κ3) is 3.42. The molecule has 0 radical (unpaired) electrons. The summed E-state index contributed by atoms with van der Waals surface area (Å²) in [7, 11) is 0. The molecule has 68 valence electrons. The lowest BCUT2D eigenvalue weighted by Gasteiger charge is -2.08. The fraction of sp³-hybridized carbons (Fsp3) is 0.455. The molecule has 12 heavy (non-hydrogen) atoms. The standard InChI is InChI=1S/C11H19N/c1-5-9-10(6-2)11(7-3)12-8-4/h6-7,12H,2-3,5,8-9H2,1,4H3/b11-10-. The first-order valence-corrected chi connectivity index (χ1v) is 4.52. The summed E-state index contributed by atoms with van der Waals surface area (Å²) < 4.78 is 0. The zero-order chi connectivity index (χ0) is 9.40. The van der Waals surface area contributed by atoms with E-state index in [1.54, 1.807) is 0 Å². The Kier molecular flexibility index (Phi) is 6.16. The van der Waals surface area contributed by atoms with Crippen molar-refractivity contribution in [1.82, 2.24) is 5.32 Å². The number of rotatable bonds is 6. The van der Waals surface area contributed by atoms with E-state index in [1.807, 2.05) is 12.2 Å². The minimum Gasteiger partial charge on any atom is -0.385 e. The van der Waals surface area contributed by atoms with Gasteiger partial charge in [0.05, 0.1) is 0 Å². The van der Waals surface area contributed by atoms with Gasteiger partial charge in [0.2, 0.25) is 0 Å². The molecule has 1 N–H and O–H groups in total. The molecule has 1 heteroatoms. The second-order valence-electron chi connectivity index (χ2n) is 2.63. The second kappa shape index (κ2) is 6.71. The smallest absolute Gasteiger partial charge is 0.0366 e. The van der Waals surface area contributed by atoms with Crippen molar-refractivity contribution < 1.29 is 0 Å². The predicted molar refractivity (Wildman–Crippen MR) is 56.0 cm³/mol. The SMILES string of the molecule is C=C/C(CCC)=C(\C=C)NCC. The zero-order valence-electron chi connectivity index (χ0n) is 8.19. The molecule has 0 saturated carbocycles. The lowest BCUT2D eigenvalue weighted by molar-refractivity contribution is 0.836. The average molecular weight is 165 g/mol. The molecule has 0 aliphatic heterocycles. The first-order chi connectivity index (χ1) is 5.79. The van der Waals surface area contributed by atoms with Gasteiger partial charge < -0.3 is 5.32 Å². The van der Waals surface area contributed by atoms with Gasteiger partial charge in [0.15, 0.2) is 0 Å². The number of hydrogen-bond donors (Lipinski definition) is 1. The Morgan fingerprint density at radius 3 is 2.25 bits per heavy atom. The molecule has 0 fully saturated rings. The van der Waals surface area contributed by atoms with Crippen LogP contribution in [0.1, 0.15) is 26.7 Å². The topological polar surface area (TPSA) is 12.0 Å². The van der Waals surface area contributed by atoms with Crippen molar-refractivity contribution in [2.75, 3.05) is 6.54 Å². The van der Waals surface area contributed by atoms with E-state index in [0.717, 1.165) is 25.1 Å². The molecule has 0 aromatic carbocycles. The van der Waals surface area contributed by atoms with Crippen LogP contribution in [0.5, 0.6) is 0 Å². The van der Waals surface area contributed by atoms with Crippen molar-refractivity contribution in [3.05, 3.63) is 36.6 Å². The van der Waals surface area contributed by atoms with Gasteiger partial charge in [0, 0.05) is 12.2 Å². The lowest BCUT2D eigenvalue weighted by atomic mass is 10.1. The van der Waals surface area contributed by atoms with Crippen molar-refractivity contribution in [3.63, 3.8) is 0 Å². The van der Waals surface area contributed by atoms with E-state index in [4.69, 9.17) is 0 Å². The maximum atomic E-state index is 3.79. The van der Waals surface area contributed by atoms with Gasteiger partial charge in [-0.2, -0.15) is 0 Å². The van der Waals surface area contributed by atoms with Gasteiger partial charge in [-0.05, 0) is 25.0 Å². The van der Waals surface area contributed by atoms with Gasteiger partial charge >= 0.3 is 0 Å². The number of hydrogen-bond acceptors (Lipinski definition) is 1. The van der Waals surface area contributed by atoms with E-state index in [-0.39, 0.29) is 0 Å². The average Bonchev–Trinajstić information content (AvgIpc) is 2.11. The molecule has 0 amide bonds. The molecule has 0 saturated heterocycles. The molecule has 1 nitrogen and oxygen atoms in total. The maximum absolute atomic E-state index is 3.79. The first-order valence-electron chi connectivity index (χ1n) is 4.52. The summed E-state index contributed by atoms with van der Waals surface area (Å²) in [4.78, 5) is 0. The molecule has 0 aromatic heterocycles. The summed E-state index contributed by atoms with van der Waals surface area (Å²) in [5.74, 6) is 0. The monoisotopic (exact) mass is 165 g/mol. The van der Waals surface area contributed by atoms with Gasteiger partial charge in [-0.3, -0.25) is 0 Å². The normalized spacial score (nSPS) is 11.8. The van der Waals surface area contributed by atoms with Crippen LogP contribution in [0.15, 0.2) is 36.6 Å². The second-order valence-corrected chi connectivity index (χ2v) is 2.63.